The highest BCUT2D eigenvalue weighted by atomic mass is 16.6. The zero-order valence-corrected chi connectivity index (χ0v) is 8.95. The molecule has 0 saturated carbocycles. The van der Waals surface area contributed by atoms with Crippen molar-refractivity contribution in [1.82, 2.24) is 4.90 Å². The molecule has 1 aliphatic rings. The summed E-state index contributed by atoms with van der Waals surface area (Å²) in [7, 11) is 1.97. The molecule has 0 spiro atoms. The molecule has 14 heavy (non-hydrogen) atoms. The molecule has 1 heterocycles. The van der Waals surface area contributed by atoms with Crippen molar-refractivity contribution in [2.75, 3.05) is 20.1 Å². The lowest BCUT2D eigenvalue weighted by molar-refractivity contribution is -0.157. The topological polar surface area (TPSA) is 46.6 Å². The Morgan fingerprint density at radius 2 is 2.21 bits per heavy atom. The van der Waals surface area contributed by atoms with Gasteiger partial charge < -0.3 is 9.64 Å². The van der Waals surface area contributed by atoms with Crippen molar-refractivity contribution < 1.29 is 14.3 Å². The number of rotatable bonds is 2. The fourth-order valence-corrected chi connectivity index (χ4v) is 2.27. The van der Waals surface area contributed by atoms with Gasteiger partial charge in [0.25, 0.3) is 0 Å². The van der Waals surface area contributed by atoms with Gasteiger partial charge in [-0.15, -0.1) is 0 Å². The monoisotopic (exact) mass is 199 g/mol. The molecule has 0 radical (unpaired) electrons. The van der Waals surface area contributed by atoms with Gasteiger partial charge in [0.05, 0.1) is 5.92 Å². The standard InChI is InChI=1S/C10H17NO3/c1-10(2)4-8(5-11(3)6-10)9(13)14-7-12/h7-8H,4-6H2,1-3H3. The van der Waals surface area contributed by atoms with Crippen LogP contribution in [0.3, 0.4) is 0 Å². The van der Waals surface area contributed by atoms with Gasteiger partial charge in [-0.2, -0.15) is 0 Å². The third kappa shape index (κ3) is 2.80. The molecule has 0 aromatic carbocycles. The number of carbonyl (C=O) groups is 2. The lowest BCUT2D eigenvalue weighted by Crippen LogP contribution is -2.45. The molecule has 1 atom stereocenters. The highest BCUT2D eigenvalue weighted by molar-refractivity contribution is 5.79. The van der Waals surface area contributed by atoms with Gasteiger partial charge in [-0.3, -0.25) is 9.59 Å². The second-order valence-corrected chi connectivity index (χ2v) is 4.80. The normalized spacial score (nSPS) is 26.9. The maximum atomic E-state index is 11.4. The molecule has 0 aromatic rings. The van der Waals surface area contributed by atoms with E-state index in [1.807, 2.05) is 7.05 Å². The summed E-state index contributed by atoms with van der Waals surface area (Å²) in [6.45, 7) is 6.09. The average molecular weight is 199 g/mol. The van der Waals surface area contributed by atoms with Crippen LogP contribution in [0.25, 0.3) is 0 Å². The molecular formula is C10H17NO3. The Morgan fingerprint density at radius 3 is 2.71 bits per heavy atom. The maximum absolute atomic E-state index is 11.4. The molecule has 0 N–H and O–H groups in total. The molecular weight excluding hydrogens is 182 g/mol. The molecule has 4 nitrogen and oxygen atoms in total. The van der Waals surface area contributed by atoms with Crippen molar-refractivity contribution >= 4 is 12.4 Å². The van der Waals surface area contributed by atoms with E-state index >= 15 is 0 Å². The van der Waals surface area contributed by atoms with E-state index < -0.39 is 5.97 Å². The summed E-state index contributed by atoms with van der Waals surface area (Å²) in [5.41, 5.74) is 0.111. The smallest absolute Gasteiger partial charge is 0.317 e. The Morgan fingerprint density at radius 1 is 1.57 bits per heavy atom. The number of hydrogen-bond acceptors (Lipinski definition) is 4. The lowest BCUT2D eigenvalue weighted by Gasteiger charge is -2.39. The summed E-state index contributed by atoms with van der Waals surface area (Å²) in [6.07, 6.45) is 0.782. The Balaban J connectivity index is 2.62. The molecule has 0 amide bonds. The van der Waals surface area contributed by atoms with Crippen LogP contribution in [0.5, 0.6) is 0 Å². The summed E-state index contributed by atoms with van der Waals surface area (Å²) in [5.74, 6) is -0.575. The zero-order chi connectivity index (χ0) is 10.8. The summed E-state index contributed by atoms with van der Waals surface area (Å²) >= 11 is 0. The quantitative estimate of drug-likeness (QED) is 0.372. The molecule has 4 heteroatoms. The van der Waals surface area contributed by atoms with Crippen LogP contribution in [0.15, 0.2) is 0 Å². The minimum absolute atomic E-state index is 0.111. The first-order valence-corrected chi connectivity index (χ1v) is 4.77. The summed E-state index contributed by atoms with van der Waals surface area (Å²) in [5, 5.41) is 0. The van der Waals surface area contributed by atoms with Crippen molar-refractivity contribution in [1.29, 1.82) is 0 Å². The molecule has 1 unspecified atom stereocenters. The SMILES string of the molecule is CN1CC(C(=O)OC=O)CC(C)(C)C1. The van der Waals surface area contributed by atoms with Crippen LogP contribution < -0.4 is 0 Å². The van der Waals surface area contributed by atoms with E-state index in [0.717, 1.165) is 13.0 Å². The van der Waals surface area contributed by atoms with Gasteiger partial charge in [0.15, 0.2) is 0 Å². The fourth-order valence-electron chi connectivity index (χ4n) is 2.27. The Hall–Kier alpha value is -0.900. The first-order valence-electron chi connectivity index (χ1n) is 4.77. The Kier molecular flexibility index (Phi) is 3.26. The predicted molar refractivity (Wildman–Crippen MR) is 51.5 cm³/mol. The number of piperidine rings is 1. The third-order valence-electron chi connectivity index (χ3n) is 2.53. The van der Waals surface area contributed by atoms with Crippen LogP contribution in [0.4, 0.5) is 0 Å². The van der Waals surface area contributed by atoms with Crippen molar-refractivity contribution in [3.8, 4) is 0 Å². The van der Waals surface area contributed by atoms with Gasteiger partial charge in [-0.25, -0.2) is 0 Å². The first kappa shape index (κ1) is 11.2. The minimum atomic E-state index is -0.403. The zero-order valence-electron chi connectivity index (χ0n) is 8.95. The highest BCUT2D eigenvalue weighted by Gasteiger charge is 2.35. The van der Waals surface area contributed by atoms with E-state index in [0.29, 0.717) is 6.54 Å². The number of likely N-dealkylation sites (tertiary alicyclic amines) is 1. The minimum Gasteiger partial charge on any atom is -0.395 e. The van der Waals surface area contributed by atoms with Gasteiger partial charge in [0, 0.05) is 13.1 Å². The number of hydrogen-bond donors (Lipinski definition) is 0. The van der Waals surface area contributed by atoms with Crippen molar-refractivity contribution in [2.24, 2.45) is 11.3 Å². The molecule has 1 aliphatic heterocycles. The van der Waals surface area contributed by atoms with Gasteiger partial charge in [-0.1, -0.05) is 13.8 Å². The van der Waals surface area contributed by atoms with Gasteiger partial charge >= 0.3 is 12.4 Å². The van der Waals surface area contributed by atoms with Crippen molar-refractivity contribution in [3.63, 3.8) is 0 Å². The number of esters is 1. The van der Waals surface area contributed by atoms with Crippen molar-refractivity contribution in [3.05, 3.63) is 0 Å². The largest absolute Gasteiger partial charge is 0.395 e. The molecule has 80 valence electrons. The lowest BCUT2D eigenvalue weighted by atomic mass is 9.79. The second-order valence-electron chi connectivity index (χ2n) is 4.80. The molecule has 0 aliphatic carbocycles. The molecule has 0 aromatic heterocycles. The van der Waals surface area contributed by atoms with Crippen LogP contribution in [0, 0.1) is 11.3 Å². The molecule has 1 fully saturated rings. The van der Waals surface area contributed by atoms with E-state index in [-0.39, 0.29) is 17.8 Å². The van der Waals surface area contributed by atoms with E-state index in [2.05, 4.69) is 23.5 Å². The number of nitrogens with zero attached hydrogens (tertiary/aromatic N) is 1. The van der Waals surface area contributed by atoms with Crippen LogP contribution in [-0.2, 0) is 14.3 Å². The number of ether oxygens (including phenoxy) is 1. The van der Waals surface area contributed by atoms with Gasteiger partial charge in [0.1, 0.15) is 0 Å². The molecule has 1 rings (SSSR count). The third-order valence-corrected chi connectivity index (χ3v) is 2.53. The fraction of sp³-hybridized carbons (Fsp3) is 0.800. The van der Waals surface area contributed by atoms with E-state index in [9.17, 15) is 9.59 Å². The number of carbonyl (C=O) groups excluding carboxylic acids is 2. The second kappa shape index (κ2) is 4.09. The summed E-state index contributed by atoms with van der Waals surface area (Å²) in [4.78, 5) is 23.5. The van der Waals surface area contributed by atoms with Gasteiger partial charge in [-0.05, 0) is 18.9 Å². The van der Waals surface area contributed by atoms with E-state index in [1.54, 1.807) is 0 Å². The van der Waals surface area contributed by atoms with Crippen LogP contribution in [0.2, 0.25) is 0 Å². The summed E-state index contributed by atoms with van der Waals surface area (Å²) < 4.78 is 4.38. The van der Waals surface area contributed by atoms with Gasteiger partial charge in [0.2, 0.25) is 0 Å². The van der Waals surface area contributed by atoms with Crippen LogP contribution in [-0.4, -0.2) is 37.5 Å². The van der Waals surface area contributed by atoms with E-state index in [4.69, 9.17) is 0 Å². The van der Waals surface area contributed by atoms with E-state index in [1.165, 1.54) is 0 Å². The van der Waals surface area contributed by atoms with Crippen molar-refractivity contribution in [2.45, 2.75) is 20.3 Å². The average Bonchev–Trinajstić information content (AvgIpc) is 2.00. The highest BCUT2D eigenvalue weighted by Crippen LogP contribution is 2.31. The Labute approximate surface area is 84.2 Å². The maximum Gasteiger partial charge on any atom is 0.317 e. The predicted octanol–water partition coefficient (Wildman–Crippen LogP) is 0.664. The molecule has 1 saturated heterocycles. The first-order chi connectivity index (χ1) is 6.44. The summed E-state index contributed by atoms with van der Waals surface area (Å²) in [6, 6.07) is 0. The van der Waals surface area contributed by atoms with Crippen LogP contribution >= 0.6 is 0 Å². The van der Waals surface area contributed by atoms with Crippen LogP contribution in [0.1, 0.15) is 20.3 Å². The Bertz CT molecular complexity index is 238. The molecule has 0 bridgehead atoms.